The van der Waals surface area contributed by atoms with E-state index in [1.54, 1.807) is 5.32 Å². The van der Waals surface area contributed by atoms with Gasteiger partial charge in [-0.2, -0.15) is 39.5 Å². The summed E-state index contributed by atoms with van der Waals surface area (Å²) in [6.07, 6.45) is -19.1. The minimum atomic E-state index is -6.70. The largest absolute Gasteiger partial charge is 0.435 e. The molecule has 0 saturated heterocycles. The van der Waals surface area contributed by atoms with Gasteiger partial charge < -0.3 is 10.2 Å². The fourth-order valence-electron chi connectivity index (χ4n) is 3.75. The molecular weight excluding hydrogens is 676 g/mol. The van der Waals surface area contributed by atoms with Crippen molar-refractivity contribution in [2.75, 3.05) is 17.3 Å². The van der Waals surface area contributed by atoms with E-state index in [2.05, 4.69) is 15.9 Å². The summed E-state index contributed by atoms with van der Waals surface area (Å²) in [5.74, 6) is -2.14. The Bertz CT molecular complexity index is 1570. The molecule has 1 N–H and O–H groups in total. The van der Waals surface area contributed by atoms with Crippen LogP contribution in [0.5, 0.6) is 0 Å². The van der Waals surface area contributed by atoms with Crippen LogP contribution in [0.3, 0.4) is 0 Å². The molecule has 3 aromatic carbocycles. The van der Waals surface area contributed by atoms with Crippen LogP contribution in [0.2, 0.25) is 0 Å². The molecule has 230 valence electrons. The molecule has 0 atom stereocenters. The summed E-state index contributed by atoms with van der Waals surface area (Å²) >= 11 is 2.40. The zero-order valence-corrected chi connectivity index (χ0v) is 22.5. The van der Waals surface area contributed by atoms with Crippen LogP contribution >= 0.6 is 15.9 Å². The first-order chi connectivity index (χ1) is 19.6. The summed E-state index contributed by atoms with van der Waals surface area (Å²) in [5, 5.41) is 12.7. The normalized spacial score (nSPS) is 12.6. The van der Waals surface area contributed by atoms with Gasteiger partial charge in [0.15, 0.2) is 0 Å². The Morgan fingerprint density at radius 1 is 0.837 bits per heavy atom. The van der Waals surface area contributed by atoms with Crippen molar-refractivity contribution < 1.29 is 58.4 Å². The van der Waals surface area contributed by atoms with Crippen LogP contribution in [0, 0.1) is 10.1 Å². The third-order valence-corrected chi connectivity index (χ3v) is 6.54. The van der Waals surface area contributed by atoms with Gasteiger partial charge in [-0.1, -0.05) is 12.1 Å². The molecule has 0 spiro atoms. The topological polar surface area (TPSA) is 92.6 Å². The molecule has 43 heavy (non-hydrogen) atoms. The van der Waals surface area contributed by atoms with E-state index in [-0.39, 0.29) is 17.3 Å². The van der Waals surface area contributed by atoms with E-state index in [0.717, 1.165) is 29.2 Å². The minimum absolute atomic E-state index is 0.0350. The van der Waals surface area contributed by atoms with Gasteiger partial charge in [0.2, 0.25) is 0 Å². The van der Waals surface area contributed by atoms with Crippen molar-refractivity contribution in [1.29, 1.82) is 0 Å². The van der Waals surface area contributed by atoms with Crippen LogP contribution in [-0.4, -0.2) is 36.1 Å². The molecule has 0 fully saturated rings. The molecule has 2 amide bonds. The SMILES string of the molecule is CN(C(=O)c1cccc([N+](=O)[O-])c1)c1cccc(C(=O)Nc2c(Br)cc(C(F)(C(F)(F)F)C(F)(F)F)cc2C(F)(F)F)c1. The molecule has 3 aromatic rings. The van der Waals surface area contributed by atoms with Crippen molar-refractivity contribution in [3.63, 3.8) is 0 Å². The fraction of sp³-hybridized carbons (Fsp3) is 0.200. The molecule has 7 nitrogen and oxygen atoms in total. The molecule has 0 bridgehead atoms. The van der Waals surface area contributed by atoms with Crippen LogP contribution in [0.15, 0.2) is 65.1 Å². The maximum Gasteiger partial charge on any atom is 0.435 e. The number of carbonyl (C=O) groups excluding carboxylic acids is 2. The Labute approximate surface area is 242 Å². The Kier molecular flexibility index (Phi) is 8.87. The van der Waals surface area contributed by atoms with Gasteiger partial charge >= 0.3 is 24.2 Å². The van der Waals surface area contributed by atoms with Gasteiger partial charge in [0.1, 0.15) is 0 Å². The van der Waals surface area contributed by atoms with Crippen molar-refractivity contribution >= 4 is 44.8 Å². The number of non-ortho nitro benzene ring substituents is 1. The maximum atomic E-state index is 14.5. The number of benzene rings is 3. The first-order valence-electron chi connectivity index (χ1n) is 11.3. The highest BCUT2D eigenvalue weighted by atomic mass is 79.9. The predicted octanol–water partition coefficient (Wildman–Crippen LogP) is 8.19. The van der Waals surface area contributed by atoms with Crippen molar-refractivity contribution in [2.45, 2.75) is 24.2 Å². The smallest absolute Gasteiger partial charge is 0.320 e. The van der Waals surface area contributed by atoms with E-state index < -0.39 is 79.5 Å². The summed E-state index contributed by atoms with van der Waals surface area (Å²) in [6.45, 7) is 0. The number of carbonyl (C=O) groups is 2. The monoisotopic (exact) mass is 689 g/mol. The number of alkyl halides is 10. The molecular formula is C25H14BrF10N3O4. The molecule has 0 aromatic heterocycles. The van der Waals surface area contributed by atoms with Gasteiger partial charge in [-0.25, -0.2) is 4.39 Å². The summed E-state index contributed by atoms with van der Waals surface area (Å²) in [7, 11) is 1.21. The first-order valence-corrected chi connectivity index (χ1v) is 12.1. The number of nitrogens with zero attached hydrogens (tertiary/aromatic N) is 2. The number of nitrogens with one attached hydrogen (secondary N) is 1. The molecule has 0 saturated carbocycles. The van der Waals surface area contributed by atoms with Crippen LogP contribution in [-0.2, 0) is 11.8 Å². The molecule has 3 rings (SSSR count). The molecule has 0 unspecified atom stereocenters. The highest BCUT2D eigenvalue weighted by molar-refractivity contribution is 9.10. The number of halogens is 11. The number of hydrogen-bond donors (Lipinski definition) is 1. The van der Waals surface area contributed by atoms with E-state index in [0.29, 0.717) is 0 Å². The van der Waals surface area contributed by atoms with Crippen LogP contribution in [0.4, 0.5) is 61.0 Å². The molecule has 18 heteroatoms. The summed E-state index contributed by atoms with van der Waals surface area (Å²) in [4.78, 5) is 36.9. The molecule has 0 aliphatic heterocycles. The summed E-state index contributed by atoms with van der Waals surface area (Å²) in [5.41, 5.74) is -13.2. The third-order valence-electron chi connectivity index (χ3n) is 5.92. The minimum Gasteiger partial charge on any atom is -0.320 e. The standard InChI is InChI=1S/C25H14BrF10N3O4/c1-38(21(41)13-5-3-7-16(9-13)39(42)43)15-6-2-4-12(8-15)20(40)37-19-17(23(28,29)30)10-14(11-18(19)26)22(27,24(31,32)33)25(34,35)36/h2-11H,1H3,(H,37,40). The summed E-state index contributed by atoms with van der Waals surface area (Å²) < 4.78 is 134. The molecule has 0 aliphatic rings. The van der Waals surface area contributed by atoms with E-state index in [1.165, 1.54) is 31.3 Å². The quantitative estimate of drug-likeness (QED) is 0.161. The second-order valence-electron chi connectivity index (χ2n) is 8.71. The third kappa shape index (κ3) is 6.57. The summed E-state index contributed by atoms with van der Waals surface area (Å²) in [6, 6.07) is 8.23. The van der Waals surface area contributed by atoms with E-state index >= 15 is 0 Å². The fourth-order valence-corrected chi connectivity index (χ4v) is 4.31. The Morgan fingerprint density at radius 2 is 1.40 bits per heavy atom. The number of rotatable bonds is 6. The molecule has 0 aliphatic carbocycles. The zero-order valence-electron chi connectivity index (χ0n) is 21.0. The zero-order chi connectivity index (χ0) is 32.7. The molecule has 0 radical (unpaired) electrons. The van der Waals surface area contributed by atoms with Gasteiger partial charge in [0, 0.05) is 46.0 Å². The number of nitro groups is 1. The number of amides is 2. The lowest BCUT2D eigenvalue weighted by molar-refractivity contribution is -0.384. The van der Waals surface area contributed by atoms with Crippen molar-refractivity contribution in [3.8, 4) is 0 Å². The van der Waals surface area contributed by atoms with Gasteiger partial charge in [0.25, 0.3) is 17.5 Å². The average Bonchev–Trinajstić information content (AvgIpc) is 2.90. The van der Waals surface area contributed by atoms with Gasteiger partial charge in [0.05, 0.1) is 16.2 Å². The lowest BCUT2D eigenvalue weighted by atomic mass is 9.92. The van der Waals surface area contributed by atoms with Crippen LogP contribution in [0.1, 0.15) is 31.8 Å². The van der Waals surface area contributed by atoms with E-state index in [9.17, 15) is 63.6 Å². The Morgan fingerprint density at radius 3 is 1.93 bits per heavy atom. The van der Waals surface area contributed by atoms with Crippen molar-refractivity contribution in [3.05, 3.63) is 97.5 Å². The van der Waals surface area contributed by atoms with E-state index in [1.807, 2.05) is 0 Å². The number of nitro benzene ring substituents is 1. The highest BCUT2D eigenvalue weighted by Gasteiger charge is 2.73. The van der Waals surface area contributed by atoms with Crippen molar-refractivity contribution in [2.24, 2.45) is 0 Å². The predicted molar refractivity (Wildman–Crippen MR) is 134 cm³/mol. The van der Waals surface area contributed by atoms with Crippen LogP contribution < -0.4 is 10.2 Å². The number of anilines is 2. The Balaban J connectivity index is 2.02. The van der Waals surface area contributed by atoms with Crippen LogP contribution in [0.25, 0.3) is 0 Å². The second-order valence-corrected chi connectivity index (χ2v) is 9.56. The van der Waals surface area contributed by atoms with Crippen molar-refractivity contribution in [1.82, 2.24) is 0 Å². The van der Waals surface area contributed by atoms with E-state index in [4.69, 9.17) is 0 Å². The Hall–Kier alpha value is -4.22. The average molecular weight is 690 g/mol. The lowest BCUT2D eigenvalue weighted by Gasteiger charge is -2.31. The second kappa shape index (κ2) is 11.5. The maximum absolute atomic E-state index is 14.5. The number of hydrogen-bond acceptors (Lipinski definition) is 4. The van der Waals surface area contributed by atoms with Gasteiger partial charge in [-0.05, 0) is 52.3 Å². The van der Waals surface area contributed by atoms with Gasteiger partial charge in [-0.3, -0.25) is 19.7 Å². The first kappa shape index (κ1) is 33.3. The highest BCUT2D eigenvalue weighted by Crippen LogP contribution is 2.55. The van der Waals surface area contributed by atoms with Gasteiger partial charge in [-0.15, -0.1) is 0 Å². The lowest BCUT2D eigenvalue weighted by Crippen LogP contribution is -2.50. The molecule has 0 heterocycles.